The molecule has 1 saturated heterocycles. The van der Waals surface area contributed by atoms with Crippen LogP contribution in [0, 0.1) is 0 Å². The number of nitrogens with two attached hydrogens (primary N) is 1. The molecule has 0 radical (unpaired) electrons. The highest BCUT2D eigenvalue weighted by atomic mass is 15.4. The Balaban J connectivity index is 1.82. The van der Waals surface area contributed by atoms with Crippen molar-refractivity contribution in [1.82, 2.24) is 9.91 Å². The van der Waals surface area contributed by atoms with E-state index in [0.29, 0.717) is 6.04 Å². The van der Waals surface area contributed by atoms with Crippen molar-refractivity contribution in [1.29, 1.82) is 0 Å². The highest BCUT2D eigenvalue weighted by molar-refractivity contribution is 5.14. The molecule has 0 saturated carbocycles. The number of rotatable bonds is 3. The van der Waals surface area contributed by atoms with Gasteiger partial charge in [0, 0.05) is 32.7 Å². The molecule has 1 fully saturated rings. The lowest BCUT2D eigenvalue weighted by Crippen LogP contribution is -2.45. The molecule has 3 heteroatoms. The van der Waals surface area contributed by atoms with E-state index in [4.69, 9.17) is 5.84 Å². The summed E-state index contributed by atoms with van der Waals surface area (Å²) in [7, 11) is 1.97. The van der Waals surface area contributed by atoms with Gasteiger partial charge in [0.1, 0.15) is 0 Å². The predicted molar refractivity (Wildman–Crippen MR) is 66.7 cm³/mol. The van der Waals surface area contributed by atoms with E-state index in [1.807, 2.05) is 12.1 Å². The molecule has 0 atom stereocenters. The first-order valence-electron chi connectivity index (χ1n) is 5.99. The lowest BCUT2D eigenvalue weighted by atomic mass is 10.0. The molecule has 88 valence electrons. The number of hydrazine groups is 1. The van der Waals surface area contributed by atoms with E-state index in [1.54, 1.807) is 0 Å². The number of hydrogen-bond donors (Lipinski definition) is 1. The monoisotopic (exact) mass is 219 g/mol. The van der Waals surface area contributed by atoms with Crippen molar-refractivity contribution in [2.24, 2.45) is 5.84 Å². The van der Waals surface area contributed by atoms with Gasteiger partial charge in [0.2, 0.25) is 0 Å². The number of nitrogens with zero attached hydrogens (tertiary/aromatic N) is 2. The molecule has 1 aliphatic heterocycles. The molecule has 3 nitrogen and oxygen atoms in total. The van der Waals surface area contributed by atoms with E-state index in [-0.39, 0.29) is 0 Å². The van der Waals surface area contributed by atoms with Gasteiger partial charge in [0.05, 0.1) is 0 Å². The molecule has 16 heavy (non-hydrogen) atoms. The number of likely N-dealkylation sites (tertiary alicyclic amines) is 1. The fourth-order valence-corrected chi connectivity index (χ4v) is 2.33. The predicted octanol–water partition coefficient (Wildman–Crippen LogP) is 1.46. The van der Waals surface area contributed by atoms with Crippen molar-refractivity contribution in [3.05, 3.63) is 35.9 Å². The van der Waals surface area contributed by atoms with Crippen molar-refractivity contribution >= 4 is 0 Å². The zero-order valence-electron chi connectivity index (χ0n) is 9.97. The Morgan fingerprint density at radius 1 is 1.25 bits per heavy atom. The average Bonchev–Trinajstić information content (AvgIpc) is 2.31. The second-order valence-corrected chi connectivity index (χ2v) is 4.66. The second kappa shape index (κ2) is 5.43. The summed E-state index contributed by atoms with van der Waals surface area (Å²) < 4.78 is 0. The van der Waals surface area contributed by atoms with Crippen molar-refractivity contribution < 1.29 is 0 Å². The third kappa shape index (κ3) is 3.04. The fraction of sp³-hybridized carbons (Fsp3) is 0.538. The molecule has 2 rings (SSSR count). The van der Waals surface area contributed by atoms with E-state index in [1.165, 1.54) is 18.4 Å². The Kier molecular flexibility index (Phi) is 3.93. The Labute approximate surface area is 97.8 Å². The van der Waals surface area contributed by atoms with Gasteiger partial charge >= 0.3 is 0 Å². The maximum Gasteiger partial charge on any atom is 0.0262 e. The third-order valence-corrected chi connectivity index (χ3v) is 3.38. The lowest BCUT2D eigenvalue weighted by molar-refractivity contribution is 0.124. The molecular formula is C13H21N3. The van der Waals surface area contributed by atoms with Crippen LogP contribution in [-0.2, 0) is 6.54 Å². The molecule has 1 heterocycles. The Morgan fingerprint density at radius 2 is 1.88 bits per heavy atom. The molecule has 0 aromatic heterocycles. The van der Waals surface area contributed by atoms with Gasteiger partial charge in [-0.2, -0.15) is 0 Å². The first kappa shape index (κ1) is 11.6. The molecule has 1 aliphatic rings. The summed E-state index contributed by atoms with van der Waals surface area (Å²) in [6.07, 6.45) is 2.36. The topological polar surface area (TPSA) is 32.5 Å². The second-order valence-electron chi connectivity index (χ2n) is 4.66. The SMILES string of the molecule is CN(N)C1CCN(Cc2ccccc2)CC1. The summed E-state index contributed by atoms with van der Waals surface area (Å²) in [6, 6.07) is 11.2. The molecule has 0 bridgehead atoms. The van der Waals surface area contributed by atoms with Crippen molar-refractivity contribution in [2.45, 2.75) is 25.4 Å². The van der Waals surface area contributed by atoms with Crippen molar-refractivity contribution in [3.63, 3.8) is 0 Å². The smallest absolute Gasteiger partial charge is 0.0262 e. The van der Waals surface area contributed by atoms with Crippen LogP contribution in [0.4, 0.5) is 0 Å². The molecule has 1 aromatic carbocycles. The van der Waals surface area contributed by atoms with Crippen LogP contribution in [-0.4, -0.2) is 36.1 Å². The summed E-state index contributed by atoms with van der Waals surface area (Å²) in [5.74, 6) is 5.78. The number of hydrogen-bond acceptors (Lipinski definition) is 3. The minimum Gasteiger partial charge on any atom is -0.299 e. The van der Waals surface area contributed by atoms with Gasteiger partial charge in [-0.1, -0.05) is 30.3 Å². The molecular weight excluding hydrogens is 198 g/mol. The maximum atomic E-state index is 5.78. The van der Waals surface area contributed by atoms with Crippen LogP contribution in [0.2, 0.25) is 0 Å². The summed E-state index contributed by atoms with van der Waals surface area (Å²) in [6.45, 7) is 3.38. The van der Waals surface area contributed by atoms with Crippen LogP contribution in [0.15, 0.2) is 30.3 Å². The van der Waals surface area contributed by atoms with E-state index < -0.39 is 0 Å². The van der Waals surface area contributed by atoms with Gasteiger partial charge in [-0.25, -0.2) is 5.01 Å². The normalized spacial score (nSPS) is 19.2. The molecule has 1 aromatic rings. The summed E-state index contributed by atoms with van der Waals surface area (Å²) in [5.41, 5.74) is 1.40. The maximum absolute atomic E-state index is 5.78. The van der Waals surface area contributed by atoms with Gasteiger partial charge in [0.15, 0.2) is 0 Å². The molecule has 0 spiro atoms. The molecule has 0 amide bonds. The average molecular weight is 219 g/mol. The van der Waals surface area contributed by atoms with Gasteiger partial charge in [-0.15, -0.1) is 0 Å². The van der Waals surface area contributed by atoms with E-state index in [2.05, 4.69) is 35.2 Å². The van der Waals surface area contributed by atoms with Gasteiger partial charge in [-0.3, -0.25) is 10.7 Å². The minimum absolute atomic E-state index is 0.562. The number of piperidine rings is 1. The lowest BCUT2D eigenvalue weighted by Gasteiger charge is -2.34. The van der Waals surface area contributed by atoms with Crippen molar-refractivity contribution in [3.8, 4) is 0 Å². The quantitative estimate of drug-likeness (QED) is 0.617. The van der Waals surface area contributed by atoms with Crippen LogP contribution < -0.4 is 5.84 Å². The van der Waals surface area contributed by atoms with Crippen LogP contribution >= 0.6 is 0 Å². The number of benzene rings is 1. The molecule has 2 N–H and O–H groups in total. The van der Waals surface area contributed by atoms with Crippen molar-refractivity contribution in [2.75, 3.05) is 20.1 Å². The standard InChI is InChI=1S/C13H21N3/c1-15(14)13-7-9-16(10-8-13)11-12-5-3-2-4-6-12/h2-6,13H,7-11,14H2,1H3. The van der Waals surface area contributed by atoms with Crippen LogP contribution in [0.25, 0.3) is 0 Å². The molecule has 0 aliphatic carbocycles. The summed E-state index contributed by atoms with van der Waals surface area (Å²) in [4.78, 5) is 2.51. The Morgan fingerprint density at radius 3 is 2.44 bits per heavy atom. The van der Waals surface area contributed by atoms with Gasteiger partial charge < -0.3 is 0 Å². The fourth-order valence-electron chi connectivity index (χ4n) is 2.33. The Bertz CT molecular complexity index is 302. The third-order valence-electron chi connectivity index (χ3n) is 3.38. The van der Waals surface area contributed by atoms with Crippen LogP contribution in [0.5, 0.6) is 0 Å². The zero-order valence-corrected chi connectivity index (χ0v) is 9.97. The Hall–Kier alpha value is -0.900. The van der Waals surface area contributed by atoms with E-state index in [0.717, 1.165) is 19.6 Å². The van der Waals surface area contributed by atoms with Gasteiger partial charge in [-0.05, 0) is 18.4 Å². The van der Waals surface area contributed by atoms with Crippen LogP contribution in [0.3, 0.4) is 0 Å². The zero-order chi connectivity index (χ0) is 11.4. The first-order valence-corrected chi connectivity index (χ1v) is 5.99. The first-order chi connectivity index (χ1) is 7.75. The highest BCUT2D eigenvalue weighted by Gasteiger charge is 2.20. The summed E-state index contributed by atoms with van der Waals surface area (Å²) in [5, 5.41) is 1.86. The summed E-state index contributed by atoms with van der Waals surface area (Å²) >= 11 is 0. The van der Waals surface area contributed by atoms with E-state index in [9.17, 15) is 0 Å². The molecule has 0 unspecified atom stereocenters. The van der Waals surface area contributed by atoms with Gasteiger partial charge in [0.25, 0.3) is 0 Å². The van der Waals surface area contributed by atoms with E-state index >= 15 is 0 Å². The highest BCUT2D eigenvalue weighted by Crippen LogP contribution is 2.15. The van der Waals surface area contributed by atoms with Crippen LogP contribution in [0.1, 0.15) is 18.4 Å². The largest absolute Gasteiger partial charge is 0.299 e. The minimum atomic E-state index is 0.562.